The predicted octanol–water partition coefficient (Wildman–Crippen LogP) is 3.82. The third-order valence-electron chi connectivity index (χ3n) is 4.04. The standard InChI is InChI=1S/C14H12ClNO2/c15-11-9-2-6-17-12(9)10(14(7-16)3-4-14)8-1-5-18-13(8)11/h1-2,5-6H,3-4,7,16H2. The molecule has 2 aromatic heterocycles. The summed E-state index contributed by atoms with van der Waals surface area (Å²) in [7, 11) is 0. The summed E-state index contributed by atoms with van der Waals surface area (Å²) >= 11 is 6.36. The van der Waals surface area contributed by atoms with Crippen molar-refractivity contribution in [1.82, 2.24) is 0 Å². The van der Waals surface area contributed by atoms with Crippen LogP contribution in [0.15, 0.2) is 33.5 Å². The van der Waals surface area contributed by atoms with Gasteiger partial charge in [0.2, 0.25) is 0 Å². The molecule has 3 nitrogen and oxygen atoms in total. The largest absolute Gasteiger partial charge is 0.464 e. The Morgan fingerprint density at radius 3 is 2.44 bits per heavy atom. The van der Waals surface area contributed by atoms with Crippen molar-refractivity contribution in [1.29, 1.82) is 0 Å². The van der Waals surface area contributed by atoms with Gasteiger partial charge in [0.05, 0.1) is 17.5 Å². The maximum absolute atomic E-state index is 6.36. The van der Waals surface area contributed by atoms with Gasteiger partial charge in [0.25, 0.3) is 0 Å². The average molecular weight is 262 g/mol. The van der Waals surface area contributed by atoms with Gasteiger partial charge in [0.1, 0.15) is 5.58 Å². The lowest BCUT2D eigenvalue weighted by atomic mass is 9.91. The zero-order valence-corrected chi connectivity index (χ0v) is 10.5. The van der Waals surface area contributed by atoms with E-state index in [9.17, 15) is 0 Å². The van der Waals surface area contributed by atoms with Gasteiger partial charge in [-0.15, -0.1) is 0 Å². The molecule has 3 aromatic rings. The summed E-state index contributed by atoms with van der Waals surface area (Å²) < 4.78 is 11.2. The minimum absolute atomic E-state index is 0.0445. The highest BCUT2D eigenvalue weighted by atomic mass is 35.5. The van der Waals surface area contributed by atoms with Crippen molar-refractivity contribution in [2.45, 2.75) is 18.3 Å². The first-order valence-corrected chi connectivity index (χ1v) is 6.41. The van der Waals surface area contributed by atoms with Crippen LogP contribution in [0.5, 0.6) is 0 Å². The van der Waals surface area contributed by atoms with Crippen LogP contribution >= 0.6 is 11.6 Å². The molecule has 2 heterocycles. The van der Waals surface area contributed by atoms with E-state index in [2.05, 4.69) is 0 Å². The summed E-state index contributed by atoms with van der Waals surface area (Å²) in [5, 5.41) is 2.56. The van der Waals surface area contributed by atoms with Crippen LogP contribution in [0.4, 0.5) is 0 Å². The summed E-state index contributed by atoms with van der Waals surface area (Å²) in [6.07, 6.45) is 5.54. The number of halogens is 1. The molecule has 18 heavy (non-hydrogen) atoms. The molecule has 1 aliphatic rings. The van der Waals surface area contributed by atoms with Crippen LogP contribution in [0.3, 0.4) is 0 Å². The van der Waals surface area contributed by atoms with Gasteiger partial charge < -0.3 is 14.6 Å². The minimum Gasteiger partial charge on any atom is -0.464 e. The van der Waals surface area contributed by atoms with Crippen molar-refractivity contribution >= 4 is 33.5 Å². The number of rotatable bonds is 2. The normalized spacial score (nSPS) is 17.7. The number of furan rings is 2. The number of hydrogen-bond acceptors (Lipinski definition) is 3. The van der Waals surface area contributed by atoms with Crippen molar-refractivity contribution in [3.05, 3.63) is 35.2 Å². The quantitative estimate of drug-likeness (QED) is 0.763. The summed E-state index contributed by atoms with van der Waals surface area (Å²) in [6.45, 7) is 0.630. The fourth-order valence-electron chi connectivity index (χ4n) is 2.83. The van der Waals surface area contributed by atoms with Crippen LogP contribution < -0.4 is 5.73 Å². The number of benzene rings is 1. The second-order valence-electron chi connectivity index (χ2n) is 5.00. The Morgan fingerprint density at radius 2 is 1.78 bits per heavy atom. The SMILES string of the molecule is NCC1(c2c3ccoc3c(Cl)c3ccoc23)CC1. The molecule has 0 bridgehead atoms. The lowest BCUT2D eigenvalue weighted by molar-refractivity contribution is 0.597. The van der Waals surface area contributed by atoms with Gasteiger partial charge in [-0.2, -0.15) is 0 Å². The summed E-state index contributed by atoms with van der Waals surface area (Å²) in [4.78, 5) is 0. The summed E-state index contributed by atoms with van der Waals surface area (Å²) in [5.41, 5.74) is 8.76. The Balaban J connectivity index is 2.23. The van der Waals surface area contributed by atoms with Crippen LogP contribution in [0, 0.1) is 0 Å². The molecule has 1 saturated carbocycles. The van der Waals surface area contributed by atoms with Crippen molar-refractivity contribution < 1.29 is 8.83 Å². The fraction of sp³-hybridized carbons (Fsp3) is 0.286. The van der Waals surface area contributed by atoms with Gasteiger partial charge in [-0.1, -0.05) is 11.6 Å². The Hall–Kier alpha value is -1.45. The molecule has 1 aromatic carbocycles. The second kappa shape index (κ2) is 3.31. The van der Waals surface area contributed by atoms with Crippen molar-refractivity contribution in [3.8, 4) is 0 Å². The van der Waals surface area contributed by atoms with Crippen molar-refractivity contribution in [3.63, 3.8) is 0 Å². The van der Waals surface area contributed by atoms with Gasteiger partial charge in [-0.25, -0.2) is 0 Å². The number of nitrogens with two attached hydrogens (primary N) is 1. The van der Waals surface area contributed by atoms with Gasteiger partial charge >= 0.3 is 0 Å². The lowest BCUT2D eigenvalue weighted by Gasteiger charge is -2.15. The van der Waals surface area contributed by atoms with Gasteiger partial charge in [0.15, 0.2) is 5.58 Å². The Labute approximate surface area is 108 Å². The maximum atomic E-state index is 6.36. The Kier molecular flexibility index (Phi) is 1.92. The van der Waals surface area contributed by atoms with E-state index in [4.69, 9.17) is 26.2 Å². The zero-order chi connectivity index (χ0) is 12.3. The second-order valence-corrected chi connectivity index (χ2v) is 5.38. The zero-order valence-electron chi connectivity index (χ0n) is 9.70. The topological polar surface area (TPSA) is 52.3 Å². The van der Waals surface area contributed by atoms with Crippen LogP contribution in [-0.2, 0) is 5.41 Å². The van der Waals surface area contributed by atoms with Crippen LogP contribution in [0.1, 0.15) is 18.4 Å². The first-order chi connectivity index (χ1) is 8.77. The molecule has 0 saturated heterocycles. The molecule has 1 aliphatic carbocycles. The molecule has 2 N–H and O–H groups in total. The van der Waals surface area contributed by atoms with E-state index in [0.717, 1.165) is 40.3 Å². The minimum atomic E-state index is 0.0445. The van der Waals surface area contributed by atoms with Gasteiger partial charge in [0, 0.05) is 28.3 Å². The fourth-order valence-corrected chi connectivity index (χ4v) is 3.13. The molecular formula is C14H12ClNO2. The predicted molar refractivity (Wildman–Crippen MR) is 71.0 cm³/mol. The van der Waals surface area contributed by atoms with E-state index in [1.54, 1.807) is 12.5 Å². The van der Waals surface area contributed by atoms with Crippen molar-refractivity contribution in [2.75, 3.05) is 6.54 Å². The molecule has 4 rings (SSSR count). The monoisotopic (exact) mass is 261 g/mol. The molecule has 0 spiro atoms. The third kappa shape index (κ3) is 1.13. The highest BCUT2D eigenvalue weighted by Gasteiger charge is 2.46. The maximum Gasteiger partial charge on any atom is 0.153 e. The summed E-state index contributed by atoms with van der Waals surface area (Å²) in [6, 6.07) is 3.84. The molecule has 0 atom stereocenters. The molecule has 0 unspecified atom stereocenters. The molecule has 0 radical (unpaired) electrons. The Bertz CT molecular complexity index is 700. The molecule has 92 valence electrons. The Morgan fingerprint density at radius 1 is 1.11 bits per heavy atom. The smallest absolute Gasteiger partial charge is 0.153 e. The van der Waals surface area contributed by atoms with Crippen LogP contribution in [0.2, 0.25) is 5.02 Å². The first-order valence-electron chi connectivity index (χ1n) is 6.03. The van der Waals surface area contributed by atoms with E-state index in [-0.39, 0.29) is 5.41 Å². The molecule has 4 heteroatoms. The average Bonchev–Trinajstić information content (AvgIpc) is 2.80. The van der Waals surface area contributed by atoms with Crippen LogP contribution in [-0.4, -0.2) is 6.54 Å². The van der Waals surface area contributed by atoms with Gasteiger partial charge in [-0.05, 0) is 25.0 Å². The van der Waals surface area contributed by atoms with E-state index in [1.807, 2.05) is 12.1 Å². The third-order valence-corrected chi connectivity index (χ3v) is 4.41. The number of fused-ring (bicyclic) bond motifs is 2. The lowest BCUT2D eigenvalue weighted by Crippen LogP contribution is -2.20. The van der Waals surface area contributed by atoms with Crippen LogP contribution in [0.25, 0.3) is 21.9 Å². The molecule has 0 aliphatic heterocycles. The number of hydrogen-bond donors (Lipinski definition) is 1. The van der Waals surface area contributed by atoms with E-state index >= 15 is 0 Å². The van der Waals surface area contributed by atoms with E-state index in [0.29, 0.717) is 11.6 Å². The summed E-state index contributed by atoms with van der Waals surface area (Å²) in [5.74, 6) is 0. The molecule has 1 fully saturated rings. The van der Waals surface area contributed by atoms with Crippen molar-refractivity contribution in [2.24, 2.45) is 5.73 Å². The molecular weight excluding hydrogens is 250 g/mol. The highest BCUT2D eigenvalue weighted by molar-refractivity contribution is 6.40. The molecule has 0 amide bonds. The van der Waals surface area contributed by atoms with E-state index in [1.165, 1.54) is 0 Å². The highest BCUT2D eigenvalue weighted by Crippen LogP contribution is 2.53. The first kappa shape index (κ1) is 10.5. The van der Waals surface area contributed by atoms with Gasteiger partial charge in [-0.3, -0.25) is 0 Å². The van der Waals surface area contributed by atoms with E-state index < -0.39 is 0 Å².